The van der Waals surface area contributed by atoms with E-state index in [0.29, 0.717) is 27.2 Å². The van der Waals surface area contributed by atoms with Gasteiger partial charge in [-0.15, -0.1) is 0 Å². The molecule has 68 valence electrons. The molecule has 0 amide bonds. The third-order valence-corrected chi connectivity index (χ3v) is 2.37. The molecule has 1 aromatic carbocycles. The van der Waals surface area contributed by atoms with Crippen LogP contribution >= 0.6 is 23.2 Å². The lowest BCUT2D eigenvalue weighted by Gasteiger charge is -1.91. The Kier molecular flexibility index (Phi) is 2.06. The molecule has 0 bridgehead atoms. The molecule has 1 aromatic heterocycles. The molecule has 0 aliphatic rings. The van der Waals surface area contributed by atoms with Gasteiger partial charge in [0, 0.05) is 13.1 Å². The van der Waals surface area contributed by atoms with Crippen LogP contribution in [0.5, 0.6) is 0 Å². The van der Waals surface area contributed by atoms with Gasteiger partial charge < -0.3 is 9.73 Å². The predicted octanol–water partition coefficient (Wildman–Crippen LogP) is 3.18. The van der Waals surface area contributed by atoms with Crippen molar-refractivity contribution in [3.63, 3.8) is 0 Å². The van der Waals surface area contributed by atoms with Crippen LogP contribution in [0.25, 0.3) is 11.1 Å². The van der Waals surface area contributed by atoms with Crippen LogP contribution in [0.2, 0.25) is 10.0 Å². The number of nitrogens with zero attached hydrogens (tertiary/aromatic N) is 1. The van der Waals surface area contributed by atoms with Gasteiger partial charge in [0.1, 0.15) is 5.52 Å². The van der Waals surface area contributed by atoms with Crippen LogP contribution in [0.3, 0.4) is 0 Å². The Bertz CT molecular complexity index is 414. The quantitative estimate of drug-likeness (QED) is 0.796. The summed E-state index contributed by atoms with van der Waals surface area (Å²) in [6.07, 6.45) is 0. The van der Waals surface area contributed by atoms with Crippen LogP contribution in [-0.2, 0) is 0 Å². The first kappa shape index (κ1) is 8.66. The Morgan fingerprint density at radius 2 is 2.00 bits per heavy atom. The summed E-state index contributed by atoms with van der Waals surface area (Å²) in [5, 5.41) is 3.73. The highest BCUT2D eigenvalue weighted by molar-refractivity contribution is 6.42. The summed E-state index contributed by atoms with van der Waals surface area (Å²) in [6, 6.07) is 3.77. The number of oxazole rings is 1. The fourth-order valence-electron chi connectivity index (χ4n) is 1.03. The van der Waals surface area contributed by atoms with E-state index in [2.05, 4.69) is 10.3 Å². The van der Waals surface area contributed by atoms with Gasteiger partial charge >= 0.3 is 0 Å². The zero-order valence-corrected chi connectivity index (χ0v) is 8.28. The molecule has 2 rings (SSSR count). The molecule has 1 heterocycles. The van der Waals surface area contributed by atoms with Crippen LogP contribution in [0.4, 0.5) is 6.01 Å². The second kappa shape index (κ2) is 3.09. The lowest BCUT2D eigenvalue weighted by molar-refractivity contribution is 0.620. The Balaban J connectivity index is 2.70. The van der Waals surface area contributed by atoms with Crippen molar-refractivity contribution in [2.75, 3.05) is 12.4 Å². The number of nitrogens with one attached hydrogen (secondary N) is 1. The highest BCUT2D eigenvalue weighted by Gasteiger charge is 2.07. The standard InChI is InChI=1S/C8H6Cl2N2O/c1-11-8-12-6-2-4(9)5(10)3-7(6)13-8/h2-3H,1H3,(H,11,12). The van der Waals surface area contributed by atoms with E-state index in [1.807, 2.05) is 0 Å². The van der Waals surface area contributed by atoms with Crippen molar-refractivity contribution >= 4 is 40.3 Å². The normalized spacial score (nSPS) is 10.7. The summed E-state index contributed by atoms with van der Waals surface area (Å²) in [5.74, 6) is 0. The van der Waals surface area contributed by atoms with E-state index in [1.54, 1.807) is 19.2 Å². The van der Waals surface area contributed by atoms with Gasteiger partial charge in [-0.2, -0.15) is 4.98 Å². The summed E-state index contributed by atoms with van der Waals surface area (Å²) >= 11 is 11.6. The molecular weight excluding hydrogens is 211 g/mol. The zero-order valence-electron chi connectivity index (χ0n) is 6.77. The molecule has 0 aliphatic heterocycles. The summed E-state index contributed by atoms with van der Waals surface area (Å²) in [5.41, 5.74) is 1.32. The molecule has 1 N–H and O–H groups in total. The van der Waals surface area contributed by atoms with Gasteiger partial charge in [-0.25, -0.2) is 0 Å². The van der Waals surface area contributed by atoms with Gasteiger partial charge in [0.15, 0.2) is 5.58 Å². The Labute approximate surface area is 84.6 Å². The molecule has 2 aromatic rings. The molecule has 0 atom stereocenters. The first-order valence-electron chi connectivity index (χ1n) is 3.64. The summed E-state index contributed by atoms with van der Waals surface area (Å²) in [4.78, 5) is 4.11. The molecule has 0 spiro atoms. The predicted molar refractivity (Wildman–Crippen MR) is 53.6 cm³/mol. The second-order valence-corrected chi connectivity index (χ2v) is 3.32. The maximum Gasteiger partial charge on any atom is 0.295 e. The second-order valence-electron chi connectivity index (χ2n) is 2.50. The SMILES string of the molecule is CNc1nc2cc(Cl)c(Cl)cc2o1. The number of fused-ring (bicyclic) bond motifs is 1. The molecule has 13 heavy (non-hydrogen) atoms. The monoisotopic (exact) mass is 216 g/mol. The third kappa shape index (κ3) is 1.45. The topological polar surface area (TPSA) is 38.1 Å². The molecule has 0 saturated heterocycles. The van der Waals surface area contributed by atoms with Crippen LogP contribution in [0.1, 0.15) is 0 Å². The summed E-state index contributed by atoms with van der Waals surface area (Å²) in [6.45, 7) is 0. The van der Waals surface area contributed by atoms with Crippen molar-refractivity contribution in [1.29, 1.82) is 0 Å². The summed E-state index contributed by atoms with van der Waals surface area (Å²) in [7, 11) is 1.73. The lowest BCUT2D eigenvalue weighted by atomic mass is 10.3. The Hall–Kier alpha value is -0.930. The Morgan fingerprint density at radius 1 is 1.31 bits per heavy atom. The van der Waals surface area contributed by atoms with E-state index in [9.17, 15) is 0 Å². The average molecular weight is 217 g/mol. The van der Waals surface area contributed by atoms with E-state index in [4.69, 9.17) is 27.6 Å². The van der Waals surface area contributed by atoms with Crippen LogP contribution in [0.15, 0.2) is 16.5 Å². The maximum atomic E-state index is 5.81. The fourth-order valence-corrected chi connectivity index (χ4v) is 1.34. The third-order valence-electron chi connectivity index (χ3n) is 1.64. The minimum Gasteiger partial charge on any atom is -0.424 e. The van der Waals surface area contributed by atoms with E-state index < -0.39 is 0 Å². The highest BCUT2D eigenvalue weighted by Crippen LogP contribution is 2.28. The number of anilines is 1. The molecule has 0 fully saturated rings. The first-order chi connectivity index (χ1) is 6.20. The van der Waals surface area contributed by atoms with E-state index in [-0.39, 0.29) is 0 Å². The number of benzene rings is 1. The van der Waals surface area contributed by atoms with Crippen LogP contribution in [-0.4, -0.2) is 12.0 Å². The van der Waals surface area contributed by atoms with Gasteiger partial charge in [0.05, 0.1) is 10.0 Å². The van der Waals surface area contributed by atoms with Crippen molar-refractivity contribution in [1.82, 2.24) is 4.98 Å². The van der Waals surface area contributed by atoms with Crippen molar-refractivity contribution in [3.05, 3.63) is 22.2 Å². The number of halogens is 2. The first-order valence-corrected chi connectivity index (χ1v) is 4.39. The van der Waals surface area contributed by atoms with Crippen molar-refractivity contribution in [2.24, 2.45) is 0 Å². The molecule has 0 saturated carbocycles. The number of hydrogen-bond donors (Lipinski definition) is 1. The van der Waals surface area contributed by atoms with Crippen molar-refractivity contribution < 1.29 is 4.42 Å². The van der Waals surface area contributed by atoms with Gasteiger partial charge in [-0.1, -0.05) is 23.2 Å². The van der Waals surface area contributed by atoms with Crippen LogP contribution < -0.4 is 5.32 Å². The van der Waals surface area contributed by atoms with Crippen molar-refractivity contribution in [2.45, 2.75) is 0 Å². The molecular formula is C8H6Cl2N2O. The average Bonchev–Trinajstić information content (AvgIpc) is 2.48. The summed E-state index contributed by atoms with van der Waals surface area (Å²) < 4.78 is 5.29. The van der Waals surface area contributed by atoms with E-state index in [0.717, 1.165) is 0 Å². The minimum atomic E-state index is 0.452. The molecule has 5 heteroatoms. The minimum absolute atomic E-state index is 0.452. The van der Waals surface area contributed by atoms with E-state index >= 15 is 0 Å². The zero-order chi connectivity index (χ0) is 9.42. The smallest absolute Gasteiger partial charge is 0.295 e. The lowest BCUT2D eigenvalue weighted by Crippen LogP contribution is -1.85. The number of hydrogen-bond acceptors (Lipinski definition) is 3. The van der Waals surface area contributed by atoms with E-state index in [1.165, 1.54) is 0 Å². The van der Waals surface area contributed by atoms with Gasteiger partial charge in [0.25, 0.3) is 6.01 Å². The number of rotatable bonds is 1. The number of aromatic nitrogens is 1. The molecule has 0 aliphatic carbocycles. The van der Waals surface area contributed by atoms with Gasteiger partial charge in [-0.05, 0) is 6.07 Å². The van der Waals surface area contributed by atoms with Crippen molar-refractivity contribution in [3.8, 4) is 0 Å². The largest absolute Gasteiger partial charge is 0.424 e. The molecule has 0 unspecified atom stereocenters. The Morgan fingerprint density at radius 3 is 2.69 bits per heavy atom. The van der Waals surface area contributed by atoms with Gasteiger partial charge in [-0.3, -0.25) is 0 Å². The molecule has 0 radical (unpaired) electrons. The highest BCUT2D eigenvalue weighted by atomic mass is 35.5. The van der Waals surface area contributed by atoms with Crippen LogP contribution in [0, 0.1) is 0 Å². The van der Waals surface area contributed by atoms with Gasteiger partial charge in [0.2, 0.25) is 0 Å². The molecule has 3 nitrogen and oxygen atoms in total. The maximum absolute atomic E-state index is 5.81. The fraction of sp³-hybridized carbons (Fsp3) is 0.125.